The molecule has 2 aromatic rings. The van der Waals surface area contributed by atoms with Gasteiger partial charge in [0.1, 0.15) is 28.8 Å². The van der Waals surface area contributed by atoms with Crippen LogP contribution < -0.4 is 14.8 Å². The number of ether oxygens (including phenoxy) is 2. The molecule has 7 heteroatoms. The molecule has 1 aromatic heterocycles. The van der Waals surface area contributed by atoms with E-state index in [9.17, 15) is 5.26 Å². The van der Waals surface area contributed by atoms with Gasteiger partial charge in [0.2, 0.25) is 6.79 Å². The molecule has 0 saturated carbocycles. The molecule has 106 valence electrons. The number of anilines is 1. The summed E-state index contributed by atoms with van der Waals surface area (Å²) in [6, 6.07) is 7.88. The van der Waals surface area contributed by atoms with Crippen molar-refractivity contribution in [3.63, 3.8) is 0 Å². The zero-order chi connectivity index (χ0) is 14.7. The monoisotopic (exact) mass is 300 g/mol. The first kappa shape index (κ1) is 13.5. The van der Waals surface area contributed by atoms with E-state index in [0.717, 1.165) is 17.1 Å². The second-order valence-corrected chi connectivity index (χ2v) is 5.05. The lowest BCUT2D eigenvalue weighted by atomic mass is 10.2. The lowest BCUT2D eigenvalue weighted by Crippen LogP contribution is -2.05. The number of nitrogens with zero attached hydrogens (tertiary/aromatic N) is 3. The third kappa shape index (κ3) is 2.71. The van der Waals surface area contributed by atoms with Crippen molar-refractivity contribution in [1.82, 2.24) is 9.97 Å². The van der Waals surface area contributed by atoms with E-state index in [-0.39, 0.29) is 6.79 Å². The molecule has 0 fully saturated rings. The molecule has 3 rings (SSSR count). The third-order valence-electron chi connectivity index (χ3n) is 3.01. The van der Waals surface area contributed by atoms with Crippen LogP contribution in [0.15, 0.2) is 29.6 Å². The van der Waals surface area contributed by atoms with Gasteiger partial charge in [-0.3, -0.25) is 0 Å². The summed E-state index contributed by atoms with van der Waals surface area (Å²) in [5, 5.41) is 13.1. The Morgan fingerprint density at radius 3 is 3.00 bits per heavy atom. The molecule has 1 aliphatic heterocycles. The molecule has 0 unspecified atom stereocenters. The minimum absolute atomic E-state index is 0.258. The lowest BCUT2D eigenvalue weighted by molar-refractivity contribution is 0.174. The largest absolute Gasteiger partial charge is 0.454 e. The minimum Gasteiger partial charge on any atom is -0.454 e. The van der Waals surface area contributed by atoms with Gasteiger partial charge in [-0.1, -0.05) is 6.07 Å². The van der Waals surface area contributed by atoms with Crippen LogP contribution in [0.5, 0.6) is 11.5 Å². The maximum absolute atomic E-state index is 9.23. The van der Waals surface area contributed by atoms with E-state index in [0.29, 0.717) is 23.0 Å². The Morgan fingerprint density at radius 2 is 2.19 bits per heavy atom. The van der Waals surface area contributed by atoms with Crippen LogP contribution in [0.1, 0.15) is 11.1 Å². The molecule has 6 nitrogen and oxygen atoms in total. The van der Waals surface area contributed by atoms with Gasteiger partial charge >= 0.3 is 0 Å². The molecule has 21 heavy (non-hydrogen) atoms. The normalized spacial score (nSPS) is 12.0. The number of hydrogen-bond donors (Lipinski definition) is 1. The van der Waals surface area contributed by atoms with Gasteiger partial charge in [-0.2, -0.15) is 5.26 Å². The Balaban J connectivity index is 1.78. The first-order chi connectivity index (χ1) is 10.3. The molecule has 0 atom stereocenters. The van der Waals surface area contributed by atoms with Crippen molar-refractivity contribution in [2.24, 2.45) is 0 Å². The highest BCUT2D eigenvalue weighted by Crippen LogP contribution is 2.32. The Kier molecular flexibility index (Phi) is 3.79. The maximum atomic E-state index is 9.23. The summed E-state index contributed by atoms with van der Waals surface area (Å²) in [7, 11) is 0. The number of hydrogen-bond acceptors (Lipinski definition) is 7. The van der Waals surface area contributed by atoms with E-state index in [1.54, 1.807) is 0 Å². The number of rotatable bonds is 4. The summed E-state index contributed by atoms with van der Waals surface area (Å²) >= 11 is 1.42. The van der Waals surface area contributed by atoms with Crippen molar-refractivity contribution in [3.05, 3.63) is 35.7 Å². The summed E-state index contributed by atoms with van der Waals surface area (Å²) in [6.45, 7) is 0.796. The summed E-state index contributed by atoms with van der Waals surface area (Å²) in [5.41, 5.74) is 1.48. The summed E-state index contributed by atoms with van der Waals surface area (Å²) in [4.78, 5) is 8.22. The Morgan fingerprint density at radius 1 is 1.33 bits per heavy atom. The fourth-order valence-electron chi connectivity index (χ4n) is 2.00. The first-order valence-corrected chi connectivity index (χ1v) is 7.46. The standard InChI is InChI=1S/C14H12N4O2S/c1-21-14-10(5-15)13(17-7-18-14)16-6-9-2-3-11-12(4-9)20-8-19-11/h2-4,7H,6,8H2,1H3,(H,16,17,18). The molecule has 0 saturated heterocycles. The average Bonchev–Trinajstić information content (AvgIpc) is 2.99. The van der Waals surface area contributed by atoms with Crippen molar-refractivity contribution >= 4 is 17.6 Å². The fraction of sp³-hybridized carbons (Fsp3) is 0.214. The van der Waals surface area contributed by atoms with Crippen LogP contribution >= 0.6 is 11.8 Å². The van der Waals surface area contributed by atoms with E-state index >= 15 is 0 Å². The smallest absolute Gasteiger partial charge is 0.231 e. The zero-order valence-corrected chi connectivity index (χ0v) is 12.1. The maximum Gasteiger partial charge on any atom is 0.231 e. The Bertz CT molecular complexity index is 715. The quantitative estimate of drug-likeness (QED) is 0.686. The van der Waals surface area contributed by atoms with Gasteiger partial charge in [0.05, 0.1) is 0 Å². The number of fused-ring (bicyclic) bond motifs is 1. The van der Waals surface area contributed by atoms with Gasteiger partial charge in [0.15, 0.2) is 11.5 Å². The second-order valence-electron chi connectivity index (χ2n) is 4.26. The number of nitriles is 1. The van der Waals surface area contributed by atoms with E-state index in [1.807, 2.05) is 24.5 Å². The highest BCUT2D eigenvalue weighted by atomic mass is 32.2. The number of aromatic nitrogens is 2. The van der Waals surface area contributed by atoms with Crippen molar-refractivity contribution < 1.29 is 9.47 Å². The van der Waals surface area contributed by atoms with Gasteiger partial charge in [-0.15, -0.1) is 11.8 Å². The van der Waals surface area contributed by atoms with Gasteiger partial charge < -0.3 is 14.8 Å². The van der Waals surface area contributed by atoms with Crippen LogP contribution in [0.25, 0.3) is 0 Å². The van der Waals surface area contributed by atoms with E-state index in [4.69, 9.17) is 9.47 Å². The van der Waals surface area contributed by atoms with Crippen LogP contribution in [0.3, 0.4) is 0 Å². The van der Waals surface area contributed by atoms with E-state index in [1.165, 1.54) is 18.1 Å². The third-order valence-corrected chi connectivity index (χ3v) is 3.71. The van der Waals surface area contributed by atoms with Crippen molar-refractivity contribution in [2.45, 2.75) is 11.6 Å². The molecular weight excluding hydrogens is 288 g/mol. The Hall–Kier alpha value is -2.46. The number of benzene rings is 1. The van der Waals surface area contributed by atoms with Crippen molar-refractivity contribution in [1.29, 1.82) is 5.26 Å². The molecule has 1 aromatic carbocycles. The fourth-order valence-corrected chi connectivity index (χ4v) is 2.49. The molecule has 0 spiro atoms. The van der Waals surface area contributed by atoms with Gasteiger partial charge in [-0.05, 0) is 24.0 Å². The van der Waals surface area contributed by atoms with Crippen molar-refractivity contribution in [2.75, 3.05) is 18.4 Å². The summed E-state index contributed by atoms with van der Waals surface area (Å²) < 4.78 is 10.6. The molecule has 0 aliphatic carbocycles. The molecule has 2 heterocycles. The molecule has 0 radical (unpaired) electrons. The predicted molar refractivity (Wildman–Crippen MR) is 78.4 cm³/mol. The van der Waals surface area contributed by atoms with Crippen LogP contribution in [-0.2, 0) is 6.54 Å². The topological polar surface area (TPSA) is 80.1 Å². The van der Waals surface area contributed by atoms with Crippen LogP contribution in [0.2, 0.25) is 0 Å². The molecule has 1 N–H and O–H groups in total. The zero-order valence-electron chi connectivity index (χ0n) is 11.3. The van der Waals surface area contributed by atoms with Crippen LogP contribution in [0, 0.1) is 11.3 Å². The summed E-state index contributed by atoms with van der Waals surface area (Å²) in [6.07, 6.45) is 3.33. The van der Waals surface area contributed by atoms with Crippen LogP contribution in [-0.4, -0.2) is 23.0 Å². The lowest BCUT2D eigenvalue weighted by Gasteiger charge is -2.09. The van der Waals surface area contributed by atoms with Gasteiger partial charge in [0.25, 0.3) is 0 Å². The number of thioether (sulfide) groups is 1. The first-order valence-electron chi connectivity index (χ1n) is 6.23. The summed E-state index contributed by atoms with van der Waals surface area (Å²) in [5.74, 6) is 2.03. The molecular formula is C14H12N4O2S. The van der Waals surface area contributed by atoms with Gasteiger partial charge in [-0.25, -0.2) is 9.97 Å². The van der Waals surface area contributed by atoms with E-state index in [2.05, 4.69) is 21.4 Å². The molecule has 0 amide bonds. The van der Waals surface area contributed by atoms with E-state index < -0.39 is 0 Å². The minimum atomic E-state index is 0.258. The molecule has 1 aliphatic rings. The van der Waals surface area contributed by atoms with Gasteiger partial charge in [0, 0.05) is 6.54 Å². The van der Waals surface area contributed by atoms with Crippen molar-refractivity contribution in [3.8, 4) is 17.6 Å². The number of nitrogens with one attached hydrogen (secondary N) is 1. The highest BCUT2D eigenvalue weighted by Gasteiger charge is 2.14. The van der Waals surface area contributed by atoms with Crippen LogP contribution in [0.4, 0.5) is 5.82 Å². The second kappa shape index (κ2) is 5.89. The Labute approximate surface area is 126 Å². The molecule has 0 bridgehead atoms. The SMILES string of the molecule is CSc1ncnc(NCc2ccc3c(c2)OCO3)c1C#N. The highest BCUT2D eigenvalue weighted by molar-refractivity contribution is 7.98. The average molecular weight is 300 g/mol. The predicted octanol–water partition coefficient (Wildman–Crippen LogP) is 2.41.